The first-order valence-electron chi connectivity index (χ1n) is 9.92. The van der Waals surface area contributed by atoms with Crippen LogP contribution in [0.2, 0.25) is 0 Å². The maximum absolute atomic E-state index is 12.1. The average molecular weight is 375 g/mol. The summed E-state index contributed by atoms with van der Waals surface area (Å²) in [5, 5.41) is 6.34. The summed E-state index contributed by atoms with van der Waals surface area (Å²) in [6, 6.07) is 7.88. The smallest absolute Gasteiger partial charge is 0.251 e. The summed E-state index contributed by atoms with van der Waals surface area (Å²) < 4.78 is 5.69. The molecule has 1 amide bonds. The van der Waals surface area contributed by atoms with Crippen LogP contribution in [-0.4, -0.2) is 56.7 Å². The Morgan fingerprint density at radius 1 is 1.33 bits per heavy atom. The molecule has 0 radical (unpaired) electrons. The maximum Gasteiger partial charge on any atom is 0.251 e. The molecule has 2 N–H and O–H groups in total. The second-order valence-corrected chi connectivity index (χ2v) is 7.32. The Morgan fingerprint density at radius 3 is 2.63 bits per heavy atom. The first-order chi connectivity index (χ1) is 13.0. The molecule has 1 aromatic rings. The van der Waals surface area contributed by atoms with E-state index in [-0.39, 0.29) is 11.9 Å². The molecule has 0 heterocycles. The fraction of sp³-hybridized carbons (Fsp3) is 0.619. The molecule has 0 spiro atoms. The average Bonchev–Trinajstić information content (AvgIpc) is 3.50. The summed E-state index contributed by atoms with van der Waals surface area (Å²) in [6.45, 7) is 7.14. The van der Waals surface area contributed by atoms with Crippen LogP contribution < -0.4 is 10.6 Å². The van der Waals surface area contributed by atoms with Gasteiger partial charge in [0.15, 0.2) is 5.96 Å². The van der Waals surface area contributed by atoms with E-state index in [1.54, 1.807) is 7.05 Å². The fourth-order valence-corrected chi connectivity index (χ4v) is 2.59. The predicted octanol–water partition coefficient (Wildman–Crippen LogP) is 2.65. The van der Waals surface area contributed by atoms with E-state index in [2.05, 4.69) is 27.4 Å². The zero-order valence-electron chi connectivity index (χ0n) is 17.1. The molecule has 150 valence electrons. The Hall–Kier alpha value is -2.08. The number of amides is 1. The number of carbonyl (C=O) groups is 1. The molecule has 1 fully saturated rings. The quantitative estimate of drug-likeness (QED) is 0.375. The highest BCUT2D eigenvalue weighted by atomic mass is 16.5. The summed E-state index contributed by atoms with van der Waals surface area (Å²) in [7, 11) is 3.80. The van der Waals surface area contributed by atoms with E-state index >= 15 is 0 Å². The van der Waals surface area contributed by atoms with Gasteiger partial charge in [-0.2, -0.15) is 0 Å². The second-order valence-electron chi connectivity index (χ2n) is 7.32. The lowest BCUT2D eigenvalue weighted by atomic mass is 10.1. The van der Waals surface area contributed by atoms with Gasteiger partial charge in [-0.25, -0.2) is 0 Å². The summed E-state index contributed by atoms with van der Waals surface area (Å²) in [5.41, 5.74) is 1.79. The van der Waals surface area contributed by atoms with Gasteiger partial charge < -0.3 is 20.3 Å². The number of hydrogen-bond acceptors (Lipinski definition) is 3. The van der Waals surface area contributed by atoms with Crippen molar-refractivity contribution in [2.24, 2.45) is 10.9 Å². The first-order valence-corrected chi connectivity index (χ1v) is 9.92. The van der Waals surface area contributed by atoms with Gasteiger partial charge in [-0.1, -0.05) is 19.1 Å². The lowest BCUT2D eigenvalue weighted by Crippen LogP contribution is -2.40. The number of nitrogens with one attached hydrogen (secondary N) is 2. The van der Waals surface area contributed by atoms with Crippen molar-refractivity contribution in [1.82, 2.24) is 15.5 Å². The number of aliphatic imine (C=N–C) groups is 1. The van der Waals surface area contributed by atoms with Crippen molar-refractivity contribution in [3.63, 3.8) is 0 Å². The van der Waals surface area contributed by atoms with Crippen molar-refractivity contribution in [2.45, 2.75) is 45.7 Å². The third kappa shape index (κ3) is 7.59. The molecule has 0 aromatic heterocycles. The predicted molar refractivity (Wildman–Crippen MR) is 110 cm³/mol. The SMILES string of the molecule is CCC(C)NC(=O)c1ccc(CNC(=NC)N(C)CCOCC2CC2)cc1. The largest absolute Gasteiger partial charge is 0.379 e. The van der Waals surface area contributed by atoms with Crippen molar-refractivity contribution in [3.8, 4) is 0 Å². The lowest BCUT2D eigenvalue weighted by Gasteiger charge is -2.22. The van der Waals surface area contributed by atoms with E-state index in [0.717, 1.165) is 37.0 Å². The molecule has 6 heteroatoms. The summed E-state index contributed by atoms with van der Waals surface area (Å²) in [4.78, 5) is 18.5. The van der Waals surface area contributed by atoms with E-state index in [9.17, 15) is 4.79 Å². The third-order valence-corrected chi connectivity index (χ3v) is 4.85. The molecule has 0 aliphatic heterocycles. The van der Waals surface area contributed by atoms with Crippen LogP contribution in [0.25, 0.3) is 0 Å². The molecule has 27 heavy (non-hydrogen) atoms. The number of carbonyl (C=O) groups excluding carboxylic acids is 1. The van der Waals surface area contributed by atoms with Crippen molar-refractivity contribution >= 4 is 11.9 Å². The molecular formula is C21H34N4O2. The molecule has 6 nitrogen and oxygen atoms in total. The maximum atomic E-state index is 12.1. The van der Waals surface area contributed by atoms with Crippen LogP contribution in [0.4, 0.5) is 0 Å². The summed E-state index contributed by atoms with van der Waals surface area (Å²) in [5.74, 6) is 1.61. The number of nitrogens with zero attached hydrogens (tertiary/aromatic N) is 2. The van der Waals surface area contributed by atoms with Gasteiger partial charge in [0.05, 0.1) is 6.61 Å². The van der Waals surface area contributed by atoms with Gasteiger partial charge >= 0.3 is 0 Å². The topological polar surface area (TPSA) is 66.0 Å². The minimum Gasteiger partial charge on any atom is -0.379 e. The molecule has 0 bridgehead atoms. The first kappa shape index (κ1) is 21.2. The highest BCUT2D eigenvalue weighted by molar-refractivity contribution is 5.94. The van der Waals surface area contributed by atoms with E-state index < -0.39 is 0 Å². The highest BCUT2D eigenvalue weighted by Gasteiger charge is 2.21. The summed E-state index contributed by atoms with van der Waals surface area (Å²) in [6.07, 6.45) is 3.56. The van der Waals surface area contributed by atoms with Crippen LogP contribution in [0.3, 0.4) is 0 Å². The van der Waals surface area contributed by atoms with E-state index in [4.69, 9.17) is 4.74 Å². The van der Waals surface area contributed by atoms with Crippen molar-refractivity contribution in [1.29, 1.82) is 0 Å². The Balaban J connectivity index is 1.75. The van der Waals surface area contributed by atoms with Crippen LogP contribution in [0.5, 0.6) is 0 Å². The van der Waals surface area contributed by atoms with Gasteiger partial charge in [-0.15, -0.1) is 0 Å². The van der Waals surface area contributed by atoms with Crippen LogP contribution in [0.1, 0.15) is 49.0 Å². The Kier molecular flexibility index (Phi) is 8.58. The molecule has 1 aliphatic rings. The van der Waals surface area contributed by atoms with Gasteiger partial charge in [-0.05, 0) is 49.8 Å². The van der Waals surface area contributed by atoms with Gasteiger partial charge in [0.2, 0.25) is 0 Å². The Labute approximate surface area is 163 Å². The zero-order valence-corrected chi connectivity index (χ0v) is 17.1. The standard InChI is InChI=1S/C21H34N4O2/c1-5-16(2)24-20(26)19-10-8-17(9-11-19)14-23-21(22-3)25(4)12-13-27-15-18-6-7-18/h8-11,16,18H,5-7,12-15H2,1-4H3,(H,22,23)(H,24,26). The molecule has 1 aromatic carbocycles. The van der Waals surface area contributed by atoms with Gasteiger partial charge in [0, 0.05) is 45.4 Å². The van der Waals surface area contributed by atoms with E-state index in [0.29, 0.717) is 18.7 Å². The number of rotatable bonds is 10. The van der Waals surface area contributed by atoms with E-state index in [1.165, 1.54) is 12.8 Å². The third-order valence-electron chi connectivity index (χ3n) is 4.85. The Morgan fingerprint density at radius 2 is 2.04 bits per heavy atom. The number of guanidine groups is 1. The molecule has 1 atom stereocenters. The second kappa shape index (κ2) is 10.9. The molecule has 1 aliphatic carbocycles. The van der Waals surface area contributed by atoms with Crippen molar-refractivity contribution in [2.75, 3.05) is 33.9 Å². The summed E-state index contributed by atoms with van der Waals surface area (Å²) >= 11 is 0. The number of benzene rings is 1. The van der Waals surface area contributed by atoms with Crippen molar-refractivity contribution < 1.29 is 9.53 Å². The minimum absolute atomic E-state index is 0.0226. The van der Waals surface area contributed by atoms with Gasteiger partial charge in [0.25, 0.3) is 5.91 Å². The van der Waals surface area contributed by atoms with Gasteiger partial charge in [0.1, 0.15) is 0 Å². The van der Waals surface area contributed by atoms with Gasteiger partial charge in [-0.3, -0.25) is 9.79 Å². The van der Waals surface area contributed by atoms with E-state index in [1.807, 2.05) is 38.2 Å². The van der Waals surface area contributed by atoms with Crippen LogP contribution in [0, 0.1) is 5.92 Å². The molecule has 1 unspecified atom stereocenters. The number of likely N-dealkylation sites (N-methyl/N-ethyl adjacent to an activating group) is 1. The lowest BCUT2D eigenvalue weighted by molar-refractivity contribution is 0.0939. The Bertz CT molecular complexity index is 611. The molecular weight excluding hydrogens is 340 g/mol. The number of hydrogen-bond donors (Lipinski definition) is 2. The zero-order chi connectivity index (χ0) is 19.6. The molecule has 0 saturated heterocycles. The normalized spacial score (nSPS) is 15.3. The van der Waals surface area contributed by atoms with Crippen LogP contribution in [-0.2, 0) is 11.3 Å². The molecule has 1 saturated carbocycles. The fourth-order valence-electron chi connectivity index (χ4n) is 2.59. The van der Waals surface area contributed by atoms with Crippen LogP contribution in [0.15, 0.2) is 29.3 Å². The number of ether oxygens (including phenoxy) is 1. The molecule has 2 rings (SSSR count). The van der Waals surface area contributed by atoms with Crippen molar-refractivity contribution in [3.05, 3.63) is 35.4 Å². The minimum atomic E-state index is -0.0226. The monoisotopic (exact) mass is 374 g/mol. The van der Waals surface area contributed by atoms with Crippen LogP contribution >= 0.6 is 0 Å². The highest BCUT2D eigenvalue weighted by Crippen LogP contribution is 2.28.